The first-order valence-corrected chi connectivity index (χ1v) is 14.8. The minimum Gasteiger partial charge on any atom is -0.378 e. The maximum atomic E-state index is 14.3. The second-order valence-corrected chi connectivity index (χ2v) is 10.4. The molecule has 3 aromatic rings. The number of allylic oxidation sites excluding steroid dienone is 3. The number of pyridine rings is 1. The van der Waals surface area contributed by atoms with Crippen LogP contribution in [0.2, 0.25) is 0 Å². The highest BCUT2D eigenvalue weighted by atomic mass is 19.1. The Morgan fingerprint density at radius 2 is 1.93 bits per heavy atom. The summed E-state index contributed by atoms with van der Waals surface area (Å²) >= 11 is 0. The Hall–Kier alpha value is -4.44. The van der Waals surface area contributed by atoms with Crippen LogP contribution in [0.25, 0.3) is 0 Å². The van der Waals surface area contributed by atoms with Gasteiger partial charge >= 0.3 is 0 Å². The fraction of sp³-hybridized carbons (Fsp3) is 0.364. The van der Waals surface area contributed by atoms with Crippen molar-refractivity contribution in [3.8, 4) is 0 Å². The fourth-order valence-corrected chi connectivity index (χ4v) is 4.60. The molecule has 1 aliphatic heterocycles. The highest BCUT2D eigenvalue weighted by Gasteiger charge is 2.18. The van der Waals surface area contributed by atoms with Crippen molar-refractivity contribution in [1.82, 2.24) is 15.0 Å². The summed E-state index contributed by atoms with van der Waals surface area (Å²) in [5.74, 6) is 0.190. The van der Waals surface area contributed by atoms with Crippen LogP contribution in [0.3, 0.4) is 0 Å². The summed E-state index contributed by atoms with van der Waals surface area (Å²) in [5, 5.41) is 7.66. The highest BCUT2D eigenvalue weighted by molar-refractivity contribution is 6.04. The number of nitrogens with zero attached hydrogens (tertiary/aromatic N) is 6. The Bertz CT molecular complexity index is 1480. The number of aryl methyl sites for hydroxylation is 1. The number of hydrazone groups is 1. The Morgan fingerprint density at radius 3 is 2.63 bits per heavy atom. The standard InChI is InChI=1S/C33H41FN8O/c1-6-9-25(8-3)31(36-19-23(4)7-2)26-16-24(5)17-29(18-26)39-28-11-10-27(35-20-28)21-38-41-33-37-22-30(34)32(40-33)42-12-14-43-15-13-42/h6,9-11,16-22,25,39H,7-8,12-15H2,1-5H3,(H,37,40,41)/b9-6-,23-19?,36-31?,38-21+. The zero-order chi connectivity index (χ0) is 30.6. The second-order valence-electron chi connectivity index (χ2n) is 10.4. The number of hydrogen-bond donors (Lipinski definition) is 2. The molecule has 9 nitrogen and oxygen atoms in total. The van der Waals surface area contributed by atoms with E-state index < -0.39 is 5.82 Å². The molecule has 1 aliphatic rings. The highest BCUT2D eigenvalue weighted by Crippen LogP contribution is 2.24. The molecular formula is C33H41FN8O. The van der Waals surface area contributed by atoms with Gasteiger partial charge in [0.1, 0.15) is 0 Å². The molecule has 226 valence electrons. The summed E-state index contributed by atoms with van der Waals surface area (Å²) < 4.78 is 19.6. The molecule has 1 saturated heterocycles. The number of aliphatic imine (C=N–C) groups is 1. The number of anilines is 4. The van der Waals surface area contributed by atoms with Crippen LogP contribution in [0.1, 0.15) is 57.4 Å². The molecule has 1 atom stereocenters. The number of nitrogens with one attached hydrogen (secondary N) is 2. The predicted molar refractivity (Wildman–Crippen MR) is 174 cm³/mol. The van der Waals surface area contributed by atoms with E-state index in [2.05, 4.69) is 88.8 Å². The van der Waals surface area contributed by atoms with Crippen molar-refractivity contribution in [3.05, 3.63) is 89.3 Å². The molecule has 0 spiro atoms. The molecule has 1 aromatic carbocycles. The van der Waals surface area contributed by atoms with Crippen molar-refractivity contribution in [3.63, 3.8) is 0 Å². The third kappa shape index (κ3) is 9.02. The molecule has 0 bridgehead atoms. The van der Waals surface area contributed by atoms with Gasteiger partial charge in [0, 0.05) is 30.9 Å². The Kier molecular flexibility index (Phi) is 11.5. The summed E-state index contributed by atoms with van der Waals surface area (Å²) in [4.78, 5) is 19.5. The summed E-state index contributed by atoms with van der Waals surface area (Å²) in [6.07, 6.45) is 12.7. The first-order chi connectivity index (χ1) is 20.9. The molecule has 10 heteroatoms. The summed E-state index contributed by atoms with van der Waals surface area (Å²) in [7, 11) is 0. The largest absolute Gasteiger partial charge is 0.378 e. The smallest absolute Gasteiger partial charge is 0.245 e. The van der Waals surface area contributed by atoms with Crippen LogP contribution in [-0.4, -0.2) is 53.2 Å². The minimum atomic E-state index is -0.475. The van der Waals surface area contributed by atoms with Gasteiger partial charge in [0.05, 0.1) is 48.9 Å². The van der Waals surface area contributed by atoms with Crippen molar-refractivity contribution in [2.24, 2.45) is 16.0 Å². The van der Waals surface area contributed by atoms with Crippen LogP contribution < -0.4 is 15.6 Å². The zero-order valence-corrected chi connectivity index (χ0v) is 25.6. The van der Waals surface area contributed by atoms with Gasteiger partial charge in [-0.25, -0.2) is 14.8 Å². The van der Waals surface area contributed by atoms with E-state index in [1.165, 1.54) is 5.57 Å². The molecule has 2 aromatic heterocycles. The lowest BCUT2D eigenvalue weighted by Crippen LogP contribution is -2.37. The molecule has 0 radical (unpaired) electrons. The van der Waals surface area contributed by atoms with E-state index in [-0.39, 0.29) is 17.7 Å². The van der Waals surface area contributed by atoms with Gasteiger partial charge in [-0.3, -0.25) is 9.98 Å². The number of hydrogen-bond acceptors (Lipinski definition) is 9. The van der Waals surface area contributed by atoms with Crippen LogP contribution in [-0.2, 0) is 4.74 Å². The number of benzene rings is 1. The van der Waals surface area contributed by atoms with Gasteiger partial charge in [0.15, 0.2) is 11.6 Å². The van der Waals surface area contributed by atoms with Gasteiger partial charge in [-0.15, -0.1) is 0 Å². The van der Waals surface area contributed by atoms with E-state index >= 15 is 0 Å². The number of rotatable bonds is 12. The molecule has 43 heavy (non-hydrogen) atoms. The topological polar surface area (TPSA) is 99.9 Å². The first-order valence-electron chi connectivity index (χ1n) is 14.8. The number of morpholine rings is 1. The van der Waals surface area contributed by atoms with Gasteiger partial charge in [0.2, 0.25) is 5.95 Å². The SMILES string of the molecule is C/C=C\C(CC)C(=NC=C(C)CC)c1cc(C)cc(Nc2ccc(/C=N/Nc3ncc(F)c(N4CCOCC4)n3)nc2)c1. The molecule has 1 unspecified atom stereocenters. The lowest BCUT2D eigenvalue weighted by Gasteiger charge is -2.27. The third-order valence-electron chi connectivity index (χ3n) is 7.04. The molecule has 3 heterocycles. The van der Waals surface area contributed by atoms with Crippen LogP contribution in [0, 0.1) is 18.7 Å². The lowest BCUT2D eigenvalue weighted by molar-refractivity contribution is 0.122. The van der Waals surface area contributed by atoms with Crippen LogP contribution in [0.15, 0.2) is 76.7 Å². The quantitative estimate of drug-likeness (QED) is 0.134. The van der Waals surface area contributed by atoms with Gasteiger partial charge in [-0.05, 0) is 69.0 Å². The average molecular weight is 585 g/mol. The van der Waals surface area contributed by atoms with E-state index in [9.17, 15) is 4.39 Å². The maximum absolute atomic E-state index is 14.3. The normalized spacial score (nSPS) is 15.3. The van der Waals surface area contributed by atoms with Crippen molar-refractivity contribution in [1.29, 1.82) is 0 Å². The predicted octanol–water partition coefficient (Wildman–Crippen LogP) is 7.05. The molecule has 4 rings (SSSR count). The van der Waals surface area contributed by atoms with E-state index in [4.69, 9.17) is 9.73 Å². The Labute approximate surface area is 253 Å². The van der Waals surface area contributed by atoms with E-state index in [0.717, 1.165) is 47.3 Å². The summed E-state index contributed by atoms with van der Waals surface area (Å²) in [6, 6.07) is 10.2. The molecule has 2 N–H and O–H groups in total. The average Bonchev–Trinajstić information content (AvgIpc) is 3.02. The van der Waals surface area contributed by atoms with Crippen LogP contribution in [0.4, 0.5) is 27.5 Å². The summed E-state index contributed by atoms with van der Waals surface area (Å²) in [6.45, 7) is 12.8. The monoisotopic (exact) mass is 584 g/mol. The molecular weight excluding hydrogens is 543 g/mol. The lowest BCUT2D eigenvalue weighted by atomic mass is 9.92. The van der Waals surface area contributed by atoms with E-state index in [1.807, 2.05) is 30.2 Å². The Balaban J connectivity index is 1.46. The zero-order valence-electron chi connectivity index (χ0n) is 25.6. The molecule has 0 aliphatic carbocycles. The van der Waals surface area contributed by atoms with Gasteiger partial charge in [-0.1, -0.05) is 37.6 Å². The Morgan fingerprint density at radius 1 is 1.12 bits per heavy atom. The van der Waals surface area contributed by atoms with Gasteiger partial charge in [0.25, 0.3) is 0 Å². The van der Waals surface area contributed by atoms with Crippen molar-refractivity contribution < 1.29 is 9.13 Å². The van der Waals surface area contributed by atoms with Crippen LogP contribution >= 0.6 is 0 Å². The van der Waals surface area contributed by atoms with Gasteiger partial charge in [-0.2, -0.15) is 10.1 Å². The second kappa shape index (κ2) is 15.7. The molecule has 0 saturated carbocycles. The number of aromatic nitrogens is 3. The van der Waals surface area contributed by atoms with E-state index in [0.29, 0.717) is 32.0 Å². The maximum Gasteiger partial charge on any atom is 0.245 e. The van der Waals surface area contributed by atoms with Crippen molar-refractivity contribution in [2.45, 2.75) is 47.5 Å². The fourth-order valence-electron chi connectivity index (χ4n) is 4.60. The first kappa shape index (κ1) is 31.5. The van der Waals surface area contributed by atoms with Crippen molar-refractivity contribution >= 4 is 35.1 Å². The van der Waals surface area contributed by atoms with Crippen LogP contribution in [0.5, 0.6) is 0 Å². The minimum absolute atomic E-state index is 0.204. The van der Waals surface area contributed by atoms with Crippen molar-refractivity contribution in [2.75, 3.05) is 41.9 Å². The molecule has 0 amide bonds. The van der Waals surface area contributed by atoms with Gasteiger partial charge < -0.3 is 15.0 Å². The number of halogens is 1. The summed E-state index contributed by atoms with van der Waals surface area (Å²) in [5.41, 5.74) is 9.75. The number of ether oxygens (including phenoxy) is 1. The third-order valence-corrected chi connectivity index (χ3v) is 7.04. The molecule has 1 fully saturated rings. The van der Waals surface area contributed by atoms with E-state index in [1.54, 1.807) is 12.4 Å².